The predicted octanol–water partition coefficient (Wildman–Crippen LogP) is 2.65. The Kier molecular flexibility index (Phi) is 2.27. The van der Waals surface area contributed by atoms with Crippen LogP contribution in [0, 0.1) is 19.7 Å². The Bertz CT molecular complexity index is 329. The van der Waals surface area contributed by atoms with E-state index >= 15 is 0 Å². The molecule has 1 aromatic carbocycles. The van der Waals surface area contributed by atoms with E-state index in [1.165, 1.54) is 6.92 Å². The van der Waals surface area contributed by atoms with E-state index in [1.807, 2.05) is 6.92 Å². The number of halogens is 1. The maximum atomic E-state index is 13.2. The van der Waals surface area contributed by atoms with Crippen molar-refractivity contribution in [2.75, 3.05) is 0 Å². The predicted molar refractivity (Wildman–Crippen MR) is 45.9 cm³/mol. The Labute approximate surface area is 71.2 Å². The lowest BCUT2D eigenvalue weighted by Gasteiger charge is -2.03. The molecule has 12 heavy (non-hydrogen) atoms. The van der Waals surface area contributed by atoms with Gasteiger partial charge in [-0.2, -0.15) is 0 Å². The zero-order valence-electron chi connectivity index (χ0n) is 7.44. The van der Waals surface area contributed by atoms with Gasteiger partial charge in [-0.05, 0) is 38.0 Å². The van der Waals surface area contributed by atoms with Crippen LogP contribution in [0.3, 0.4) is 0 Å². The quantitative estimate of drug-likeness (QED) is 0.586. The Morgan fingerprint density at radius 2 is 1.92 bits per heavy atom. The summed E-state index contributed by atoms with van der Waals surface area (Å²) in [7, 11) is 0. The van der Waals surface area contributed by atoms with Crippen LogP contribution in [-0.2, 0) is 0 Å². The average molecular weight is 166 g/mol. The van der Waals surface area contributed by atoms with Crippen molar-refractivity contribution in [2.24, 2.45) is 0 Å². The highest BCUT2D eigenvalue weighted by molar-refractivity contribution is 5.94. The summed E-state index contributed by atoms with van der Waals surface area (Å²) < 4.78 is 13.2. The van der Waals surface area contributed by atoms with Gasteiger partial charge in [-0.15, -0.1) is 0 Å². The summed E-state index contributed by atoms with van der Waals surface area (Å²) >= 11 is 0. The van der Waals surface area contributed by atoms with Crippen molar-refractivity contribution in [2.45, 2.75) is 20.8 Å². The molecule has 0 heterocycles. The van der Waals surface area contributed by atoms with E-state index in [9.17, 15) is 9.18 Å². The number of ketones is 1. The van der Waals surface area contributed by atoms with Gasteiger partial charge in [-0.3, -0.25) is 4.79 Å². The Morgan fingerprint density at radius 3 is 2.42 bits per heavy atom. The van der Waals surface area contributed by atoms with Crippen molar-refractivity contribution in [3.05, 3.63) is 34.6 Å². The lowest BCUT2D eigenvalue weighted by molar-refractivity contribution is 0.101. The molecule has 0 amide bonds. The highest BCUT2D eigenvalue weighted by Crippen LogP contribution is 2.15. The molecule has 2 heteroatoms. The number of hydrogen-bond acceptors (Lipinski definition) is 1. The smallest absolute Gasteiger partial charge is 0.162 e. The monoisotopic (exact) mass is 166 g/mol. The minimum Gasteiger partial charge on any atom is -0.294 e. The van der Waals surface area contributed by atoms with Gasteiger partial charge in [-0.1, -0.05) is 6.07 Å². The van der Waals surface area contributed by atoms with E-state index in [-0.39, 0.29) is 11.3 Å². The number of Topliss-reactive ketones (excluding diaryl/α,β-unsaturated/α-hetero) is 1. The molecule has 0 aliphatic carbocycles. The van der Waals surface area contributed by atoms with E-state index in [4.69, 9.17) is 0 Å². The van der Waals surface area contributed by atoms with E-state index in [1.54, 1.807) is 19.1 Å². The third-order valence-electron chi connectivity index (χ3n) is 1.78. The van der Waals surface area contributed by atoms with Crippen LogP contribution in [0.5, 0.6) is 0 Å². The van der Waals surface area contributed by atoms with Gasteiger partial charge < -0.3 is 0 Å². The summed E-state index contributed by atoms with van der Waals surface area (Å²) in [5, 5.41) is 0. The molecule has 0 aliphatic rings. The molecule has 0 saturated carbocycles. The highest BCUT2D eigenvalue weighted by Gasteiger charge is 2.09. The Hall–Kier alpha value is -1.18. The summed E-state index contributed by atoms with van der Waals surface area (Å²) in [5.41, 5.74) is 1.63. The number of rotatable bonds is 1. The molecule has 0 aromatic heterocycles. The fourth-order valence-corrected chi connectivity index (χ4v) is 1.21. The standard InChI is InChI=1S/C10H11FO/c1-6-4-7(2)10(11)9(5-6)8(3)12/h4-5H,1-3H3. The molecule has 0 radical (unpaired) electrons. The maximum absolute atomic E-state index is 13.2. The fraction of sp³-hybridized carbons (Fsp3) is 0.300. The fourth-order valence-electron chi connectivity index (χ4n) is 1.21. The highest BCUT2D eigenvalue weighted by atomic mass is 19.1. The molecule has 0 spiro atoms. The Morgan fingerprint density at radius 1 is 1.33 bits per heavy atom. The zero-order valence-corrected chi connectivity index (χ0v) is 7.44. The van der Waals surface area contributed by atoms with E-state index in [0.717, 1.165) is 5.56 Å². The van der Waals surface area contributed by atoms with Gasteiger partial charge in [0.25, 0.3) is 0 Å². The molecule has 0 N–H and O–H groups in total. The largest absolute Gasteiger partial charge is 0.294 e. The maximum Gasteiger partial charge on any atom is 0.162 e. The average Bonchev–Trinajstić information content (AvgIpc) is 1.96. The molecule has 0 unspecified atom stereocenters. The van der Waals surface area contributed by atoms with Gasteiger partial charge >= 0.3 is 0 Å². The summed E-state index contributed by atoms with van der Waals surface area (Å²) in [6, 6.07) is 3.30. The molecule has 0 bridgehead atoms. The third-order valence-corrected chi connectivity index (χ3v) is 1.78. The van der Waals surface area contributed by atoms with Crippen LogP contribution in [0.1, 0.15) is 28.4 Å². The van der Waals surface area contributed by atoms with Gasteiger partial charge in [0.2, 0.25) is 0 Å². The first kappa shape index (κ1) is 8.91. The first-order chi connectivity index (χ1) is 5.52. The summed E-state index contributed by atoms with van der Waals surface area (Å²) in [5.74, 6) is -0.618. The van der Waals surface area contributed by atoms with Crippen molar-refractivity contribution >= 4 is 5.78 Å². The van der Waals surface area contributed by atoms with Crippen molar-refractivity contribution in [3.8, 4) is 0 Å². The van der Waals surface area contributed by atoms with Crippen LogP contribution in [0.2, 0.25) is 0 Å². The second kappa shape index (κ2) is 3.05. The topological polar surface area (TPSA) is 17.1 Å². The van der Waals surface area contributed by atoms with Gasteiger partial charge in [0.1, 0.15) is 5.82 Å². The van der Waals surface area contributed by atoms with E-state index in [0.29, 0.717) is 5.56 Å². The molecule has 1 rings (SSSR count). The number of hydrogen-bond donors (Lipinski definition) is 0. The molecule has 1 nitrogen and oxygen atoms in total. The van der Waals surface area contributed by atoms with Gasteiger partial charge in [0.15, 0.2) is 5.78 Å². The molecular formula is C10H11FO. The van der Waals surface area contributed by atoms with E-state index < -0.39 is 5.82 Å². The van der Waals surface area contributed by atoms with Gasteiger partial charge in [0, 0.05) is 0 Å². The number of benzene rings is 1. The molecule has 0 atom stereocenters. The zero-order chi connectivity index (χ0) is 9.30. The first-order valence-electron chi connectivity index (χ1n) is 3.80. The normalized spacial score (nSPS) is 10.0. The second-order valence-corrected chi connectivity index (χ2v) is 3.00. The van der Waals surface area contributed by atoms with Crippen LogP contribution < -0.4 is 0 Å². The van der Waals surface area contributed by atoms with Crippen molar-refractivity contribution in [1.29, 1.82) is 0 Å². The third kappa shape index (κ3) is 1.52. The molecular weight excluding hydrogens is 155 g/mol. The summed E-state index contributed by atoms with van der Waals surface area (Å²) in [6.45, 7) is 4.88. The van der Waals surface area contributed by atoms with Crippen LogP contribution >= 0.6 is 0 Å². The SMILES string of the molecule is CC(=O)c1cc(C)cc(C)c1F. The summed E-state index contributed by atoms with van der Waals surface area (Å²) in [6.07, 6.45) is 0. The van der Waals surface area contributed by atoms with Gasteiger partial charge in [0.05, 0.1) is 5.56 Å². The minimum absolute atomic E-state index is 0.188. The second-order valence-electron chi connectivity index (χ2n) is 3.00. The lowest BCUT2D eigenvalue weighted by Crippen LogP contribution is -1.99. The molecule has 0 saturated heterocycles. The van der Waals surface area contributed by atoms with E-state index in [2.05, 4.69) is 0 Å². The van der Waals surface area contributed by atoms with Crippen molar-refractivity contribution < 1.29 is 9.18 Å². The number of carbonyl (C=O) groups excluding carboxylic acids is 1. The molecule has 0 fully saturated rings. The van der Waals surface area contributed by atoms with Crippen LogP contribution in [0.15, 0.2) is 12.1 Å². The first-order valence-corrected chi connectivity index (χ1v) is 3.80. The summed E-state index contributed by atoms with van der Waals surface area (Å²) in [4.78, 5) is 10.9. The van der Waals surface area contributed by atoms with Crippen molar-refractivity contribution in [3.63, 3.8) is 0 Å². The lowest BCUT2D eigenvalue weighted by atomic mass is 10.0. The van der Waals surface area contributed by atoms with Crippen LogP contribution in [-0.4, -0.2) is 5.78 Å². The molecule has 1 aromatic rings. The molecule has 0 aliphatic heterocycles. The minimum atomic E-state index is -0.395. The van der Waals surface area contributed by atoms with Crippen LogP contribution in [0.25, 0.3) is 0 Å². The molecule has 64 valence electrons. The number of carbonyl (C=O) groups is 1. The van der Waals surface area contributed by atoms with Crippen molar-refractivity contribution in [1.82, 2.24) is 0 Å². The van der Waals surface area contributed by atoms with Gasteiger partial charge in [-0.25, -0.2) is 4.39 Å². The number of aryl methyl sites for hydroxylation is 2. The Balaban J connectivity index is 3.37. The van der Waals surface area contributed by atoms with Crippen LogP contribution in [0.4, 0.5) is 4.39 Å².